The van der Waals surface area contributed by atoms with E-state index < -0.39 is 0 Å². The summed E-state index contributed by atoms with van der Waals surface area (Å²) in [5, 5.41) is 0. The molecule has 1 atom stereocenters. The number of nitrogens with two attached hydrogens (primary N) is 1. The third kappa shape index (κ3) is 2.26. The summed E-state index contributed by atoms with van der Waals surface area (Å²) >= 11 is 0. The number of fused-ring (bicyclic) bond motifs is 1. The minimum atomic E-state index is 0.286. The second kappa shape index (κ2) is 4.62. The van der Waals surface area contributed by atoms with Crippen molar-refractivity contribution in [3.8, 4) is 0 Å². The highest BCUT2D eigenvalue weighted by Gasteiger charge is 2.32. The summed E-state index contributed by atoms with van der Waals surface area (Å²) in [7, 11) is 0. The molecule has 2 aromatic heterocycles. The van der Waals surface area contributed by atoms with Gasteiger partial charge in [0.15, 0.2) is 0 Å². The second-order valence-corrected chi connectivity index (χ2v) is 6.05. The third-order valence-corrected chi connectivity index (χ3v) is 4.33. The summed E-state index contributed by atoms with van der Waals surface area (Å²) < 4.78 is 2.20. The first-order valence-electron chi connectivity index (χ1n) is 6.96. The predicted octanol–water partition coefficient (Wildman–Crippen LogP) is 1.81. The molecule has 1 aliphatic rings. The highest BCUT2D eigenvalue weighted by atomic mass is 15.2. The van der Waals surface area contributed by atoms with E-state index in [4.69, 9.17) is 5.73 Å². The lowest BCUT2D eigenvalue weighted by Crippen LogP contribution is -2.31. The summed E-state index contributed by atoms with van der Waals surface area (Å²) in [5.74, 6) is 0. The van der Waals surface area contributed by atoms with E-state index in [1.54, 1.807) is 0 Å². The van der Waals surface area contributed by atoms with Crippen molar-refractivity contribution >= 4 is 5.65 Å². The molecule has 0 amide bonds. The van der Waals surface area contributed by atoms with E-state index in [1.807, 2.05) is 6.07 Å². The molecule has 3 rings (SSSR count). The molecule has 1 fully saturated rings. The van der Waals surface area contributed by atoms with E-state index in [0.29, 0.717) is 0 Å². The fourth-order valence-corrected chi connectivity index (χ4v) is 2.99. The van der Waals surface area contributed by atoms with Crippen LogP contribution in [0.5, 0.6) is 0 Å². The number of likely N-dealkylation sites (tertiary alicyclic amines) is 1. The molecule has 4 heteroatoms. The van der Waals surface area contributed by atoms with Gasteiger partial charge in [0, 0.05) is 19.3 Å². The van der Waals surface area contributed by atoms with Crippen molar-refractivity contribution in [2.24, 2.45) is 11.1 Å². The highest BCUT2D eigenvalue weighted by Crippen LogP contribution is 2.29. The number of nitrogens with zero attached hydrogens (tertiary/aromatic N) is 3. The van der Waals surface area contributed by atoms with Gasteiger partial charge in [-0.25, -0.2) is 4.98 Å². The van der Waals surface area contributed by atoms with Crippen LogP contribution in [0.2, 0.25) is 0 Å². The number of aryl methyl sites for hydroxylation is 1. The Morgan fingerprint density at radius 2 is 2.26 bits per heavy atom. The van der Waals surface area contributed by atoms with E-state index in [1.165, 1.54) is 12.1 Å². The summed E-state index contributed by atoms with van der Waals surface area (Å²) in [6, 6.07) is 6.16. The van der Waals surface area contributed by atoms with Crippen LogP contribution in [0.3, 0.4) is 0 Å². The monoisotopic (exact) mass is 258 g/mol. The van der Waals surface area contributed by atoms with Gasteiger partial charge in [0.25, 0.3) is 0 Å². The summed E-state index contributed by atoms with van der Waals surface area (Å²) in [5.41, 5.74) is 9.64. The van der Waals surface area contributed by atoms with Crippen molar-refractivity contribution in [3.05, 3.63) is 35.8 Å². The Morgan fingerprint density at radius 1 is 1.42 bits per heavy atom. The maximum absolute atomic E-state index is 5.88. The fourth-order valence-electron chi connectivity index (χ4n) is 2.99. The van der Waals surface area contributed by atoms with Gasteiger partial charge in [-0.3, -0.25) is 4.90 Å². The van der Waals surface area contributed by atoms with Gasteiger partial charge in [0.2, 0.25) is 0 Å². The Labute approximate surface area is 114 Å². The van der Waals surface area contributed by atoms with Crippen molar-refractivity contribution < 1.29 is 0 Å². The van der Waals surface area contributed by atoms with Crippen LogP contribution in [0.15, 0.2) is 24.4 Å². The molecule has 102 valence electrons. The zero-order chi connectivity index (χ0) is 13.5. The fraction of sp³-hybridized carbons (Fsp3) is 0.533. The number of hydrogen-bond donors (Lipinski definition) is 1. The minimum Gasteiger partial charge on any atom is -0.330 e. The van der Waals surface area contributed by atoms with Crippen molar-refractivity contribution in [2.45, 2.75) is 26.8 Å². The van der Waals surface area contributed by atoms with Crippen LogP contribution in [-0.2, 0) is 6.54 Å². The largest absolute Gasteiger partial charge is 0.330 e. The Balaban J connectivity index is 1.85. The zero-order valence-corrected chi connectivity index (χ0v) is 11.8. The van der Waals surface area contributed by atoms with Crippen molar-refractivity contribution in [3.63, 3.8) is 0 Å². The van der Waals surface area contributed by atoms with E-state index in [-0.39, 0.29) is 5.41 Å². The molecular formula is C15H22N4. The zero-order valence-electron chi connectivity index (χ0n) is 11.8. The van der Waals surface area contributed by atoms with Crippen LogP contribution in [0.4, 0.5) is 0 Å². The van der Waals surface area contributed by atoms with Crippen LogP contribution in [0.1, 0.15) is 24.7 Å². The van der Waals surface area contributed by atoms with E-state index >= 15 is 0 Å². The Kier molecular flexibility index (Phi) is 3.07. The van der Waals surface area contributed by atoms with Crippen LogP contribution in [0, 0.1) is 12.3 Å². The maximum atomic E-state index is 5.88. The van der Waals surface area contributed by atoms with Gasteiger partial charge >= 0.3 is 0 Å². The molecule has 0 radical (unpaired) electrons. The van der Waals surface area contributed by atoms with Gasteiger partial charge in [-0.1, -0.05) is 13.0 Å². The van der Waals surface area contributed by atoms with E-state index in [9.17, 15) is 0 Å². The van der Waals surface area contributed by atoms with Crippen molar-refractivity contribution in [2.75, 3.05) is 19.6 Å². The van der Waals surface area contributed by atoms with Crippen LogP contribution in [-0.4, -0.2) is 33.9 Å². The smallest absolute Gasteiger partial charge is 0.137 e. The average molecular weight is 258 g/mol. The molecule has 1 unspecified atom stereocenters. The number of rotatable bonds is 3. The number of aromatic nitrogens is 2. The quantitative estimate of drug-likeness (QED) is 0.913. The maximum Gasteiger partial charge on any atom is 0.137 e. The predicted molar refractivity (Wildman–Crippen MR) is 77.0 cm³/mol. The number of pyridine rings is 1. The molecule has 0 bridgehead atoms. The molecule has 1 aliphatic heterocycles. The summed E-state index contributed by atoms with van der Waals surface area (Å²) in [6.07, 6.45) is 3.29. The summed E-state index contributed by atoms with van der Waals surface area (Å²) in [4.78, 5) is 7.12. The Morgan fingerprint density at radius 3 is 3.00 bits per heavy atom. The molecule has 2 N–H and O–H groups in total. The van der Waals surface area contributed by atoms with Gasteiger partial charge in [-0.15, -0.1) is 0 Å². The van der Waals surface area contributed by atoms with Gasteiger partial charge in [0.05, 0.1) is 11.4 Å². The molecule has 0 aliphatic carbocycles. The highest BCUT2D eigenvalue weighted by molar-refractivity contribution is 5.42. The molecule has 0 aromatic carbocycles. The molecule has 2 aromatic rings. The molecule has 4 nitrogen and oxygen atoms in total. The standard InChI is InChI=1S/C15H22N4/c1-12-13(19-7-4-3-5-14(19)17-12)9-18-8-6-15(2,10-16)11-18/h3-5,7H,6,8-11,16H2,1-2H3. The van der Waals surface area contributed by atoms with Gasteiger partial charge < -0.3 is 10.1 Å². The first-order chi connectivity index (χ1) is 9.11. The van der Waals surface area contributed by atoms with Gasteiger partial charge in [0.1, 0.15) is 5.65 Å². The molecule has 3 heterocycles. The van der Waals surface area contributed by atoms with Crippen molar-refractivity contribution in [1.29, 1.82) is 0 Å². The second-order valence-electron chi connectivity index (χ2n) is 6.05. The van der Waals surface area contributed by atoms with Crippen LogP contribution in [0.25, 0.3) is 5.65 Å². The topological polar surface area (TPSA) is 46.6 Å². The summed E-state index contributed by atoms with van der Waals surface area (Å²) in [6.45, 7) is 8.34. The van der Waals surface area contributed by atoms with Gasteiger partial charge in [-0.05, 0) is 44.0 Å². The Bertz CT molecular complexity index is 589. The number of hydrogen-bond acceptors (Lipinski definition) is 3. The molecule has 0 saturated carbocycles. The van der Waals surface area contributed by atoms with E-state index in [0.717, 1.165) is 37.5 Å². The molecule has 19 heavy (non-hydrogen) atoms. The number of imidazole rings is 1. The SMILES string of the molecule is Cc1nc2ccccn2c1CN1CCC(C)(CN)C1. The van der Waals surface area contributed by atoms with Crippen molar-refractivity contribution in [1.82, 2.24) is 14.3 Å². The van der Waals surface area contributed by atoms with Gasteiger partial charge in [-0.2, -0.15) is 0 Å². The molecule has 0 spiro atoms. The lowest BCUT2D eigenvalue weighted by molar-refractivity contribution is 0.271. The molecule has 1 saturated heterocycles. The lowest BCUT2D eigenvalue weighted by atomic mass is 9.90. The Hall–Kier alpha value is -1.39. The van der Waals surface area contributed by atoms with Crippen LogP contribution < -0.4 is 5.73 Å². The average Bonchev–Trinajstić information content (AvgIpc) is 2.93. The van der Waals surface area contributed by atoms with E-state index in [2.05, 4.69) is 46.5 Å². The first kappa shape index (κ1) is 12.6. The lowest BCUT2D eigenvalue weighted by Gasteiger charge is -2.22. The third-order valence-electron chi connectivity index (χ3n) is 4.33. The first-order valence-corrected chi connectivity index (χ1v) is 6.96. The minimum absolute atomic E-state index is 0.286. The normalized spacial score (nSPS) is 24.4. The molecular weight excluding hydrogens is 236 g/mol. The van der Waals surface area contributed by atoms with Crippen LogP contribution >= 0.6 is 0 Å².